The van der Waals surface area contributed by atoms with Crippen LogP contribution in [0.4, 0.5) is 0 Å². The Morgan fingerprint density at radius 1 is 1.08 bits per heavy atom. The molecule has 0 fully saturated rings. The fraction of sp³-hybridized carbons (Fsp3) is 0.316. The summed E-state index contributed by atoms with van der Waals surface area (Å²) in [6.07, 6.45) is 0. The molecule has 0 spiro atoms. The largest absolute Gasteiger partial charge is 0.495 e. The predicted molar refractivity (Wildman–Crippen MR) is 101 cm³/mol. The van der Waals surface area contributed by atoms with Crippen LogP contribution in [0.25, 0.3) is 0 Å². The third-order valence-electron chi connectivity index (χ3n) is 3.99. The first-order valence-corrected chi connectivity index (χ1v) is 9.75. The first kappa shape index (κ1) is 19.9. The highest BCUT2D eigenvalue weighted by Crippen LogP contribution is 2.24. The summed E-state index contributed by atoms with van der Waals surface area (Å²) in [5.41, 5.74) is 1.72. The maximum absolute atomic E-state index is 12.7. The molecule has 0 aliphatic heterocycles. The molecule has 0 bridgehead atoms. The zero-order valence-electron chi connectivity index (χ0n) is 15.3. The van der Waals surface area contributed by atoms with Crippen LogP contribution >= 0.6 is 0 Å². The molecule has 26 heavy (non-hydrogen) atoms. The summed E-state index contributed by atoms with van der Waals surface area (Å²) in [5, 5.41) is 2.81. The van der Waals surface area contributed by atoms with Gasteiger partial charge in [0.2, 0.25) is 15.9 Å². The van der Waals surface area contributed by atoms with Crippen molar-refractivity contribution in [3.05, 3.63) is 59.7 Å². The number of hydrogen-bond donors (Lipinski definition) is 2. The normalized spacial score (nSPS) is 13.7. The number of ether oxygens (including phenoxy) is 1. The van der Waals surface area contributed by atoms with Crippen molar-refractivity contribution in [1.82, 2.24) is 10.0 Å². The van der Waals surface area contributed by atoms with Crippen LogP contribution in [-0.2, 0) is 14.8 Å². The fourth-order valence-corrected chi connectivity index (χ4v) is 3.96. The van der Waals surface area contributed by atoms with Gasteiger partial charge in [0.25, 0.3) is 0 Å². The molecule has 2 rings (SSSR count). The quantitative estimate of drug-likeness (QED) is 0.778. The SMILES string of the molecule is COc1ccc(C)cc1S(=O)(=O)N[C@H](C)C(=O)N[C@H](C)c1ccccc1. The topological polar surface area (TPSA) is 84.5 Å². The maximum Gasteiger partial charge on any atom is 0.244 e. The van der Waals surface area contributed by atoms with E-state index in [1.807, 2.05) is 37.3 Å². The molecule has 140 valence electrons. The van der Waals surface area contributed by atoms with Crippen molar-refractivity contribution in [3.8, 4) is 5.75 Å². The van der Waals surface area contributed by atoms with Crippen molar-refractivity contribution in [2.24, 2.45) is 0 Å². The van der Waals surface area contributed by atoms with Gasteiger partial charge in [-0.1, -0.05) is 36.4 Å². The maximum atomic E-state index is 12.7. The number of carbonyl (C=O) groups is 1. The Morgan fingerprint density at radius 2 is 1.73 bits per heavy atom. The molecule has 6 nitrogen and oxygen atoms in total. The van der Waals surface area contributed by atoms with Crippen LogP contribution in [0.1, 0.15) is 31.0 Å². The van der Waals surface area contributed by atoms with Gasteiger partial charge in [0, 0.05) is 0 Å². The molecule has 0 saturated heterocycles. The fourth-order valence-electron chi connectivity index (χ4n) is 2.51. The Morgan fingerprint density at radius 3 is 2.35 bits per heavy atom. The Hall–Kier alpha value is -2.38. The molecule has 0 aliphatic rings. The average molecular weight is 376 g/mol. The van der Waals surface area contributed by atoms with Gasteiger partial charge >= 0.3 is 0 Å². The zero-order chi connectivity index (χ0) is 19.3. The van der Waals surface area contributed by atoms with Gasteiger partial charge in [-0.15, -0.1) is 0 Å². The lowest BCUT2D eigenvalue weighted by Gasteiger charge is -2.19. The van der Waals surface area contributed by atoms with E-state index in [0.717, 1.165) is 11.1 Å². The van der Waals surface area contributed by atoms with E-state index in [0.29, 0.717) is 0 Å². The minimum atomic E-state index is -3.91. The van der Waals surface area contributed by atoms with Gasteiger partial charge < -0.3 is 10.1 Å². The monoisotopic (exact) mass is 376 g/mol. The smallest absolute Gasteiger partial charge is 0.244 e. The number of nitrogens with one attached hydrogen (secondary N) is 2. The molecule has 1 amide bonds. The van der Waals surface area contributed by atoms with Crippen molar-refractivity contribution >= 4 is 15.9 Å². The molecule has 2 atom stereocenters. The highest BCUT2D eigenvalue weighted by atomic mass is 32.2. The van der Waals surface area contributed by atoms with E-state index in [9.17, 15) is 13.2 Å². The Labute approximate surface area is 154 Å². The van der Waals surface area contributed by atoms with Gasteiger partial charge in [-0.05, 0) is 44.0 Å². The lowest BCUT2D eigenvalue weighted by atomic mass is 10.1. The summed E-state index contributed by atoms with van der Waals surface area (Å²) in [6.45, 7) is 5.14. The summed E-state index contributed by atoms with van der Waals surface area (Å²) in [7, 11) is -2.50. The predicted octanol–water partition coefficient (Wildman–Crippen LogP) is 2.55. The Balaban J connectivity index is 2.11. The van der Waals surface area contributed by atoms with Crippen molar-refractivity contribution in [2.45, 2.75) is 37.8 Å². The second-order valence-corrected chi connectivity index (χ2v) is 7.82. The third kappa shape index (κ3) is 4.83. The van der Waals surface area contributed by atoms with E-state index in [1.165, 1.54) is 20.1 Å². The number of carbonyl (C=O) groups excluding carboxylic acids is 1. The first-order chi connectivity index (χ1) is 12.2. The number of benzene rings is 2. The molecular formula is C19H24N2O4S. The molecular weight excluding hydrogens is 352 g/mol. The van der Waals surface area contributed by atoms with Crippen LogP contribution < -0.4 is 14.8 Å². The molecule has 0 saturated carbocycles. The van der Waals surface area contributed by atoms with E-state index in [-0.39, 0.29) is 16.7 Å². The number of methoxy groups -OCH3 is 1. The van der Waals surface area contributed by atoms with Gasteiger partial charge in [0.05, 0.1) is 19.2 Å². The van der Waals surface area contributed by atoms with Crippen molar-refractivity contribution in [1.29, 1.82) is 0 Å². The highest BCUT2D eigenvalue weighted by Gasteiger charge is 2.26. The van der Waals surface area contributed by atoms with Crippen LogP contribution in [0.5, 0.6) is 5.75 Å². The van der Waals surface area contributed by atoms with Gasteiger partial charge in [-0.3, -0.25) is 4.79 Å². The Kier molecular flexibility index (Phi) is 6.39. The molecule has 0 unspecified atom stereocenters. The number of hydrogen-bond acceptors (Lipinski definition) is 4. The van der Waals surface area contributed by atoms with Crippen LogP contribution in [0, 0.1) is 6.92 Å². The molecule has 0 heterocycles. The molecule has 7 heteroatoms. The summed E-state index contributed by atoms with van der Waals surface area (Å²) in [5.74, 6) is -0.176. The lowest BCUT2D eigenvalue weighted by molar-refractivity contribution is -0.123. The van der Waals surface area contributed by atoms with Gasteiger partial charge in [0.15, 0.2) is 0 Å². The average Bonchev–Trinajstić information content (AvgIpc) is 2.62. The molecule has 0 radical (unpaired) electrons. The Bertz CT molecular complexity index is 866. The number of rotatable bonds is 7. The van der Waals surface area contributed by atoms with Crippen LogP contribution in [0.3, 0.4) is 0 Å². The highest BCUT2D eigenvalue weighted by molar-refractivity contribution is 7.89. The van der Waals surface area contributed by atoms with Crippen LogP contribution in [-0.4, -0.2) is 27.5 Å². The minimum absolute atomic E-state index is 0.00996. The molecule has 2 aromatic carbocycles. The van der Waals surface area contributed by atoms with Gasteiger partial charge in [-0.2, -0.15) is 4.72 Å². The van der Waals surface area contributed by atoms with Crippen molar-refractivity contribution in [2.75, 3.05) is 7.11 Å². The van der Waals surface area contributed by atoms with E-state index in [2.05, 4.69) is 10.0 Å². The van der Waals surface area contributed by atoms with E-state index in [1.54, 1.807) is 19.1 Å². The first-order valence-electron chi connectivity index (χ1n) is 8.27. The van der Waals surface area contributed by atoms with Gasteiger partial charge in [0.1, 0.15) is 10.6 Å². The van der Waals surface area contributed by atoms with Crippen LogP contribution in [0.2, 0.25) is 0 Å². The minimum Gasteiger partial charge on any atom is -0.495 e. The standard InChI is InChI=1S/C19H24N2O4S/c1-13-10-11-17(25-4)18(12-13)26(23,24)21-15(3)19(22)20-14(2)16-8-6-5-7-9-16/h5-12,14-15,21H,1-4H3,(H,20,22)/t14-,15-/m1/s1. The molecule has 2 aromatic rings. The van der Waals surface area contributed by atoms with E-state index >= 15 is 0 Å². The summed E-state index contributed by atoms with van der Waals surface area (Å²) in [4.78, 5) is 12.4. The number of aryl methyl sites for hydroxylation is 1. The number of sulfonamides is 1. The molecule has 2 N–H and O–H groups in total. The summed E-state index contributed by atoms with van der Waals surface area (Å²) < 4.78 is 32.9. The molecule has 0 aliphatic carbocycles. The van der Waals surface area contributed by atoms with E-state index in [4.69, 9.17) is 4.74 Å². The van der Waals surface area contributed by atoms with E-state index < -0.39 is 22.0 Å². The van der Waals surface area contributed by atoms with Gasteiger partial charge in [-0.25, -0.2) is 8.42 Å². The second-order valence-electron chi connectivity index (χ2n) is 6.14. The third-order valence-corrected chi connectivity index (χ3v) is 5.55. The second kappa shape index (κ2) is 8.33. The summed E-state index contributed by atoms with van der Waals surface area (Å²) >= 11 is 0. The van der Waals surface area contributed by atoms with Crippen LogP contribution in [0.15, 0.2) is 53.4 Å². The lowest BCUT2D eigenvalue weighted by Crippen LogP contribution is -2.45. The van der Waals surface area contributed by atoms with Crippen molar-refractivity contribution in [3.63, 3.8) is 0 Å². The number of amides is 1. The summed E-state index contributed by atoms with van der Waals surface area (Å²) in [6, 6.07) is 13.2. The zero-order valence-corrected chi connectivity index (χ0v) is 16.1. The molecule has 0 aromatic heterocycles. The van der Waals surface area contributed by atoms with Crippen molar-refractivity contribution < 1.29 is 17.9 Å².